The summed E-state index contributed by atoms with van der Waals surface area (Å²) in [5, 5.41) is 18.5. The van der Waals surface area contributed by atoms with Gasteiger partial charge < -0.3 is 25.4 Å². The van der Waals surface area contributed by atoms with Crippen LogP contribution in [-0.2, 0) is 11.3 Å². The number of aromatic nitrogens is 2. The van der Waals surface area contributed by atoms with Crippen LogP contribution in [0.5, 0.6) is 0 Å². The molecule has 8 nitrogen and oxygen atoms in total. The summed E-state index contributed by atoms with van der Waals surface area (Å²) in [7, 11) is 0. The first-order valence-corrected chi connectivity index (χ1v) is 5.96. The fourth-order valence-corrected chi connectivity index (χ4v) is 2.16. The number of aliphatic hydroxyl groups is 1. The quantitative estimate of drug-likeness (QED) is 0.611. The summed E-state index contributed by atoms with van der Waals surface area (Å²) in [6.07, 6.45) is 2.24. The Morgan fingerprint density at radius 3 is 2.89 bits per heavy atom. The molecule has 1 fully saturated rings. The zero-order chi connectivity index (χ0) is 14.0. The predicted octanol–water partition coefficient (Wildman–Crippen LogP) is -1.50. The summed E-state index contributed by atoms with van der Waals surface area (Å²) in [4.78, 5) is 28.3. The number of hydrogen-bond acceptors (Lipinski definition) is 5. The lowest BCUT2D eigenvalue weighted by molar-refractivity contribution is -0.141. The highest BCUT2D eigenvalue weighted by molar-refractivity contribution is 5.95. The molecule has 19 heavy (non-hydrogen) atoms. The number of carbonyl (C=O) groups is 2. The van der Waals surface area contributed by atoms with Crippen molar-refractivity contribution in [1.29, 1.82) is 0 Å². The summed E-state index contributed by atoms with van der Waals surface area (Å²) >= 11 is 0. The lowest BCUT2D eigenvalue weighted by Crippen LogP contribution is -2.40. The molecule has 0 unspecified atom stereocenters. The molecule has 2 heterocycles. The summed E-state index contributed by atoms with van der Waals surface area (Å²) in [6, 6.07) is -0.998. The molecule has 8 heteroatoms. The SMILES string of the molecule is NCCn1cnc(C(=O)N2C[C@@H](O)C[C@H]2C(=O)O)c1. The first kappa shape index (κ1) is 13.5. The molecule has 1 amide bonds. The normalized spacial score (nSPS) is 22.7. The summed E-state index contributed by atoms with van der Waals surface area (Å²) in [5.74, 6) is -1.61. The van der Waals surface area contributed by atoms with Gasteiger partial charge >= 0.3 is 5.97 Å². The van der Waals surface area contributed by atoms with Gasteiger partial charge in [0.25, 0.3) is 5.91 Å². The van der Waals surface area contributed by atoms with Crippen molar-refractivity contribution in [2.75, 3.05) is 13.1 Å². The molecular weight excluding hydrogens is 252 g/mol. The lowest BCUT2D eigenvalue weighted by atomic mass is 10.2. The van der Waals surface area contributed by atoms with E-state index in [0.717, 1.165) is 4.90 Å². The van der Waals surface area contributed by atoms with E-state index in [1.165, 1.54) is 12.5 Å². The fourth-order valence-electron chi connectivity index (χ4n) is 2.16. The van der Waals surface area contributed by atoms with E-state index in [4.69, 9.17) is 10.8 Å². The van der Waals surface area contributed by atoms with Gasteiger partial charge in [-0.05, 0) is 0 Å². The van der Waals surface area contributed by atoms with Gasteiger partial charge in [-0.25, -0.2) is 9.78 Å². The Balaban J connectivity index is 2.15. The minimum Gasteiger partial charge on any atom is -0.480 e. The summed E-state index contributed by atoms with van der Waals surface area (Å²) < 4.78 is 1.66. The number of nitrogens with zero attached hydrogens (tertiary/aromatic N) is 3. The van der Waals surface area contributed by atoms with Crippen LogP contribution in [0.1, 0.15) is 16.9 Å². The van der Waals surface area contributed by atoms with Crippen molar-refractivity contribution in [3.05, 3.63) is 18.2 Å². The molecular formula is C11H16N4O4. The second kappa shape index (κ2) is 5.37. The minimum absolute atomic E-state index is 0.0134. The number of aliphatic hydroxyl groups excluding tert-OH is 1. The third-order valence-corrected chi connectivity index (χ3v) is 3.06. The number of amides is 1. The van der Waals surface area contributed by atoms with Crippen molar-refractivity contribution in [1.82, 2.24) is 14.5 Å². The second-order valence-corrected chi connectivity index (χ2v) is 4.49. The molecule has 0 aromatic carbocycles. The van der Waals surface area contributed by atoms with E-state index in [0.29, 0.717) is 13.1 Å². The van der Waals surface area contributed by atoms with E-state index in [9.17, 15) is 14.7 Å². The monoisotopic (exact) mass is 268 g/mol. The Labute approximate surface area is 109 Å². The number of carboxylic acids is 1. The van der Waals surface area contributed by atoms with Crippen molar-refractivity contribution in [2.24, 2.45) is 5.73 Å². The number of hydrogen-bond donors (Lipinski definition) is 3. The highest BCUT2D eigenvalue weighted by atomic mass is 16.4. The van der Waals surface area contributed by atoms with Gasteiger partial charge in [-0.3, -0.25) is 4.79 Å². The third-order valence-electron chi connectivity index (χ3n) is 3.06. The van der Waals surface area contributed by atoms with Crippen LogP contribution in [0, 0.1) is 0 Å². The van der Waals surface area contributed by atoms with Crippen LogP contribution in [0.3, 0.4) is 0 Å². The molecule has 104 valence electrons. The molecule has 0 aliphatic carbocycles. The molecule has 4 N–H and O–H groups in total. The number of carbonyl (C=O) groups excluding carboxylic acids is 1. The van der Waals surface area contributed by atoms with Crippen molar-refractivity contribution >= 4 is 11.9 Å². The van der Waals surface area contributed by atoms with E-state index in [2.05, 4.69) is 4.98 Å². The van der Waals surface area contributed by atoms with E-state index in [-0.39, 0.29) is 18.7 Å². The van der Waals surface area contributed by atoms with Crippen LogP contribution in [-0.4, -0.2) is 61.8 Å². The highest BCUT2D eigenvalue weighted by Crippen LogP contribution is 2.20. The van der Waals surface area contributed by atoms with Gasteiger partial charge in [-0.15, -0.1) is 0 Å². The number of nitrogens with two attached hydrogens (primary N) is 1. The fraction of sp³-hybridized carbons (Fsp3) is 0.545. The Bertz CT molecular complexity index is 487. The van der Waals surface area contributed by atoms with Crippen molar-refractivity contribution < 1.29 is 19.8 Å². The first-order valence-electron chi connectivity index (χ1n) is 5.96. The van der Waals surface area contributed by atoms with Gasteiger partial charge in [0.15, 0.2) is 0 Å². The number of likely N-dealkylation sites (tertiary alicyclic amines) is 1. The molecule has 1 aromatic heterocycles. The number of carboxylic acid groups (broad SMARTS) is 1. The third kappa shape index (κ3) is 2.74. The Morgan fingerprint density at radius 2 is 2.26 bits per heavy atom. The highest BCUT2D eigenvalue weighted by Gasteiger charge is 2.39. The van der Waals surface area contributed by atoms with Crippen molar-refractivity contribution in [3.8, 4) is 0 Å². The minimum atomic E-state index is -1.12. The number of imidazole rings is 1. The molecule has 0 bridgehead atoms. The molecule has 0 saturated carbocycles. The number of aliphatic carboxylic acids is 1. The van der Waals surface area contributed by atoms with E-state index in [1.807, 2.05) is 0 Å². The Morgan fingerprint density at radius 1 is 1.53 bits per heavy atom. The zero-order valence-corrected chi connectivity index (χ0v) is 10.3. The smallest absolute Gasteiger partial charge is 0.326 e. The van der Waals surface area contributed by atoms with Crippen LogP contribution >= 0.6 is 0 Å². The Kier molecular flexibility index (Phi) is 3.82. The van der Waals surface area contributed by atoms with Crippen LogP contribution in [0.15, 0.2) is 12.5 Å². The molecule has 2 atom stereocenters. The Hall–Kier alpha value is -1.93. The maximum atomic E-state index is 12.2. The van der Waals surface area contributed by atoms with Crippen molar-refractivity contribution in [3.63, 3.8) is 0 Å². The van der Waals surface area contributed by atoms with Gasteiger partial charge in [0.05, 0.1) is 12.4 Å². The average molecular weight is 268 g/mol. The molecule has 0 spiro atoms. The van der Waals surface area contributed by atoms with E-state index in [1.54, 1.807) is 4.57 Å². The lowest BCUT2D eigenvalue weighted by Gasteiger charge is -2.19. The van der Waals surface area contributed by atoms with Gasteiger partial charge in [-0.1, -0.05) is 0 Å². The van der Waals surface area contributed by atoms with Crippen LogP contribution < -0.4 is 5.73 Å². The van der Waals surface area contributed by atoms with Crippen LogP contribution in [0.25, 0.3) is 0 Å². The first-order chi connectivity index (χ1) is 9.02. The number of rotatable bonds is 4. The maximum absolute atomic E-state index is 12.2. The topological polar surface area (TPSA) is 122 Å². The van der Waals surface area contributed by atoms with Crippen LogP contribution in [0.2, 0.25) is 0 Å². The van der Waals surface area contributed by atoms with E-state index >= 15 is 0 Å². The molecule has 1 aliphatic heterocycles. The van der Waals surface area contributed by atoms with Gasteiger partial charge in [0.2, 0.25) is 0 Å². The number of β-amino-alcohol motifs (C(OH)–C–C–N with tert-alkyl or cyclic N) is 1. The summed E-state index contributed by atoms with van der Waals surface area (Å²) in [5.41, 5.74) is 5.55. The maximum Gasteiger partial charge on any atom is 0.326 e. The standard InChI is InChI=1S/C11H16N4O4/c12-1-2-14-5-8(13-6-14)10(17)15-4-7(16)3-9(15)11(18)19/h5-7,9,16H,1-4,12H2,(H,18,19)/t7-,9-/m0/s1. The van der Waals surface area contributed by atoms with Gasteiger partial charge in [0, 0.05) is 32.3 Å². The molecule has 0 radical (unpaired) electrons. The molecule has 1 saturated heterocycles. The summed E-state index contributed by atoms with van der Waals surface area (Å²) in [6.45, 7) is 0.967. The van der Waals surface area contributed by atoms with Gasteiger partial charge in [-0.2, -0.15) is 0 Å². The largest absolute Gasteiger partial charge is 0.480 e. The van der Waals surface area contributed by atoms with Crippen molar-refractivity contribution in [2.45, 2.75) is 25.1 Å². The average Bonchev–Trinajstić information content (AvgIpc) is 2.95. The molecule has 2 rings (SSSR count). The zero-order valence-electron chi connectivity index (χ0n) is 10.3. The van der Waals surface area contributed by atoms with Crippen LogP contribution in [0.4, 0.5) is 0 Å². The predicted molar refractivity (Wildman–Crippen MR) is 64.4 cm³/mol. The molecule has 1 aromatic rings. The molecule has 1 aliphatic rings. The van der Waals surface area contributed by atoms with E-state index < -0.39 is 24.0 Å². The van der Waals surface area contributed by atoms with Gasteiger partial charge in [0.1, 0.15) is 11.7 Å². The second-order valence-electron chi connectivity index (χ2n) is 4.49.